The topological polar surface area (TPSA) is 224 Å². The molecular weight excluding hydrogens is 468 g/mol. The first-order chi connectivity index (χ1) is 13.0. The summed E-state index contributed by atoms with van der Waals surface area (Å²) in [7, 11) is -16.6. The minimum atomic E-state index is -5.69. The predicted octanol–water partition coefficient (Wildman–Crippen LogP) is -0.104. The molecule has 2 unspecified atom stereocenters. The number of aromatic nitrogens is 2. The van der Waals surface area contributed by atoms with E-state index in [0.717, 1.165) is 23.8 Å². The van der Waals surface area contributed by atoms with Gasteiger partial charge in [0.15, 0.2) is 11.9 Å². The third-order valence-electron chi connectivity index (χ3n) is 3.41. The Labute approximate surface area is 160 Å². The molecule has 0 radical (unpaired) electrons. The maximum atomic E-state index is 14.8. The fourth-order valence-corrected chi connectivity index (χ4v) is 5.51. The molecule has 0 bridgehead atoms. The average Bonchev–Trinajstić information content (AvgIpc) is 2.76. The van der Waals surface area contributed by atoms with Crippen molar-refractivity contribution in [3.8, 4) is 0 Å². The minimum Gasteiger partial charge on any atom is -0.349 e. The average molecular weight is 484 g/mol. The van der Waals surface area contributed by atoms with Crippen LogP contribution in [0, 0.1) is 0 Å². The van der Waals surface area contributed by atoms with E-state index in [4.69, 9.17) is 19.4 Å². The summed E-state index contributed by atoms with van der Waals surface area (Å²) in [5.41, 5.74) is -3.89. The second kappa shape index (κ2) is 8.25. The number of phosphoric ester groups is 1. The van der Waals surface area contributed by atoms with E-state index >= 15 is 0 Å². The fourth-order valence-electron chi connectivity index (χ4n) is 2.46. The quantitative estimate of drug-likeness (QED) is 0.304. The number of halogens is 1. The van der Waals surface area contributed by atoms with E-state index < -0.39 is 65.7 Å². The van der Waals surface area contributed by atoms with Gasteiger partial charge in [-0.25, -0.2) is 22.9 Å². The molecule has 0 saturated carbocycles. The Bertz CT molecular complexity index is 1010. The van der Waals surface area contributed by atoms with Crippen LogP contribution in [0.4, 0.5) is 4.39 Å². The predicted molar refractivity (Wildman–Crippen MR) is 89.2 cm³/mol. The second-order valence-electron chi connectivity index (χ2n) is 6.00. The van der Waals surface area contributed by atoms with Crippen LogP contribution in [0.1, 0.15) is 19.6 Å². The van der Waals surface area contributed by atoms with E-state index in [0.29, 0.717) is 0 Å². The number of nitrogens with zero attached hydrogens (tertiary/aromatic N) is 1. The van der Waals surface area contributed by atoms with Crippen molar-refractivity contribution in [1.29, 1.82) is 0 Å². The highest BCUT2D eigenvalue weighted by atomic mass is 31.3. The van der Waals surface area contributed by atoms with Crippen LogP contribution in [-0.4, -0.2) is 47.5 Å². The van der Waals surface area contributed by atoms with Crippen LogP contribution in [0.25, 0.3) is 0 Å². The van der Waals surface area contributed by atoms with Gasteiger partial charge in [-0.05, 0) is 6.92 Å². The molecule has 1 fully saturated rings. The summed E-state index contributed by atoms with van der Waals surface area (Å²) in [6, 6.07) is 0.945. The molecule has 29 heavy (non-hydrogen) atoms. The molecule has 166 valence electrons. The highest BCUT2D eigenvalue weighted by molar-refractivity contribution is 7.66. The van der Waals surface area contributed by atoms with Gasteiger partial charge < -0.3 is 24.3 Å². The molecule has 5 atom stereocenters. The van der Waals surface area contributed by atoms with Crippen LogP contribution in [0.15, 0.2) is 21.9 Å². The first-order valence-corrected chi connectivity index (χ1v) is 12.0. The number of aromatic amines is 1. The van der Waals surface area contributed by atoms with Crippen LogP contribution in [-0.2, 0) is 31.6 Å². The standard InChI is InChI=1S/C10H16FN2O13P3/c1-10(11)4-6(24-8(10)13-3-2-7(14)12-9(13)15)5-23-28(19,20)26-29(21,22)25-27(16,17)18/h2-3,6,8H,4-5H2,1H3,(H,19,20)(H,21,22)(H,12,14,15)(H2,16,17,18)/t6-,8+,10+/m0/s1. The van der Waals surface area contributed by atoms with Crippen molar-refractivity contribution in [2.45, 2.75) is 31.3 Å². The monoisotopic (exact) mass is 484 g/mol. The molecule has 15 nitrogen and oxygen atoms in total. The Morgan fingerprint density at radius 1 is 1.24 bits per heavy atom. The molecule has 1 aromatic heterocycles. The molecule has 0 spiro atoms. The van der Waals surface area contributed by atoms with E-state index in [1.165, 1.54) is 0 Å². The number of H-pyrrole nitrogens is 1. The largest absolute Gasteiger partial charge is 0.490 e. The van der Waals surface area contributed by atoms with Gasteiger partial charge >= 0.3 is 29.2 Å². The van der Waals surface area contributed by atoms with Crippen LogP contribution in [0.5, 0.6) is 0 Å². The fraction of sp³-hybridized carbons (Fsp3) is 0.600. The van der Waals surface area contributed by atoms with Gasteiger partial charge in [0.1, 0.15) is 0 Å². The molecule has 0 aromatic carbocycles. The van der Waals surface area contributed by atoms with E-state index in [9.17, 15) is 32.6 Å². The molecule has 0 aliphatic carbocycles. The third-order valence-corrected chi connectivity index (χ3v) is 7.21. The lowest BCUT2D eigenvalue weighted by atomic mass is 10.0. The highest BCUT2D eigenvalue weighted by Crippen LogP contribution is 2.66. The Balaban J connectivity index is 2.05. The number of ether oxygens (including phenoxy) is 1. The number of alkyl halides is 1. The van der Waals surface area contributed by atoms with Crippen LogP contribution in [0.3, 0.4) is 0 Å². The molecule has 0 amide bonds. The van der Waals surface area contributed by atoms with Crippen molar-refractivity contribution in [2.75, 3.05) is 6.61 Å². The molecule has 19 heteroatoms. The van der Waals surface area contributed by atoms with E-state index in [2.05, 4.69) is 13.1 Å². The van der Waals surface area contributed by atoms with Gasteiger partial charge in [0.25, 0.3) is 5.56 Å². The van der Waals surface area contributed by atoms with E-state index in [-0.39, 0.29) is 0 Å². The Morgan fingerprint density at radius 2 is 1.86 bits per heavy atom. The zero-order valence-corrected chi connectivity index (χ0v) is 17.0. The Morgan fingerprint density at radius 3 is 2.41 bits per heavy atom. The van der Waals surface area contributed by atoms with Crippen LogP contribution < -0.4 is 11.2 Å². The summed E-state index contributed by atoms with van der Waals surface area (Å²) in [6.07, 6.45) is -2.27. The molecule has 1 aliphatic rings. The lowest BCUT2D eigenvalue weighted by Gasteiger charge is -2.22. The van der Waals surface area contributed by atoms with Crippen molar-refractivity contribution in [3.05, 3.63) is 33.1 Å². The molecule has 2 heterocycles. The Hall–Kier alpha value is -1.02. The van der Waals surface area contributed by atoms with Crippen LogP contribution in [0.2, 0.25) is 0 Å². The number of nitrogens with one attached hydrogen (secondary N) is 1. The SMILES string of the molecule is C[C@@]1(F)C[C@@H](COP(=O)(O)OP(=O)(O)OP(=O)(O)O)O[C@H]1n1ccc(=O)[nH]c1=O. The zero-order valence-electron chi connectivity index (χ0n) is 14.4. The molecule has 2 rings (SSSR count). The summed E-state index contributed by atoms with van der Waals surface area (Å²) in [4.78, 5) is 60.1. The molecule has 1 aromatic rings. The van der Waals surface area contributed by atoms with Crippen molar-refractivity contribution >= 4 is 23.5 Å². The van der Waals surface area contributed by atoms with Crippen molar-refractivity contribution in [3.63, 3.8) is 0 Å². The van der Waals surface area contributed by atoms with Gasteiger partial charge in [0.05, 0.1) is 12.7 Å². The summed E-state index contributed by atoms with van der Waals surface area (Å²) < 4.78 is 65.7. The van der Waals surface area contributed by atoms with E-state index in [1.807, 2.05) is 4.98 Å². The lowest BCUT2D eigenvalue weighted by Crippen LogP contribution is -2.38. The lowest BCUT2D eigenvalue weighted by molar-refractivity contribution is -0.0604. The van der Waals surface area contributed by atoms with Gasteiger partial charge in [0.2, 0.25) is 0 Å². The molecule has 1 saturated heterocycles. The summed E-state index contributed by atoms with van der Waals surface area (Å²) >= 11 is 0. The second-order valence-corrected chi connectivity index (χ2v) is 10.4. The number of hydrogen-bond acceptors (Lipinski definition) is 9. The first-order valence-electron chi connectivity index (χ1n) is 7.44. The van der Waals surface area contributed by atoms with Crippen molar-refractivity contribution < 1.29 is 55.5 Å². The highest BCUT2D eigenvalue weighted by Gasteiger charge is 2.48. The normalized spacial score (nSPS) is 29.3. The molecule has 1 aliphatic heterocycles. The van der Waals surface area contributed by atoms with Gasteiger partial charge in [-0.1, -0.05) is 0 Å². The molecular formula is C10H16FN2O13P3. The van der Waals surface area contributed by atoms with E-state index in [1.54, 1.807) is 0 Å². The van der Waals surface area contributed by atoms with Crippen molar-refractivity contribution in [1.82, 2.24) is 9.55 Å². The summed E-state index contributed by atoms with van der Waals surface area (Å²) in [6.45, 7) is 0.178. The van der Waals surface area contributed by atoms with Gasteiger partial charge in [-0.2, -0.15) is 8.62 Å². The smallest absolute Gasteiger partial charge is 0.349 e. The zero-order chi connectivity index (χ0) is 22.3. The molecule has 5 N–H and O–H groups in total. The maximum absolute atomic E-state index is 14.8. The Kier molecular flexibility index (Phi) is 6.90. The number of rotatable bonds is 8. The third kappa shape index (κ3) is 7.02. The number of phosphoric acid groups is 3. The maximum Gasteiger partial charge on any atom is 0.490 e. The summed E-state index contributed by atoms with van der Waals surface area (Å²) in [5.74, 6) is 0. The van der Waals surface area contributed by atoms with Gasteiger partial charge in [-0.3, -0.25) is 18.9 Å². The minimum absolute atomic E-state index is 0.459. The first kappa shape index (κ1) is 24.3. The number of hydrogen-bond donors (Lipinski definition) is 5. The van der Waals surface area contributed by atoms with Gasteiger partial charge in [-0.15, -0.1) is 0 Å². The van der Waals surface area contributed by atoms with Crippen molar-refractivity contribution in [2.24, 2.45) is 0 Å². The van der Waals surface area contributed by atoms with Crippen LogP contribution >= 0.6 is 23.5 Å². The summed E-state index contributed by atoms with van der Waals surface area (Å²) in [5, 5.41) is 0. The van der Waals surface area contributed by atoms with Gasteiger partial charge in [0, 0.05) is 18.7 Å².